The first-order valence-corrected chi connectivity index (χ1v) is 17.2. The summed E-state index contributed by atoms with van der Waals surface area (Å²) in [6.07, 6.45) is 1.94. The summed E-state index contributed by atoms with van der Waals surface area (Å²) in [6, 6.07) is 11.1. The molecule has 0 spiro atoms. The van der Waals surface area contributed by atoms with Gasteiger partial charge in [0.2, 0.25) is 10.0 Å². The van der Waals surface area contributed by atoms with E-state index < -0.39 is 32.9 Å². The molecular weight excluding hydrogens is 623 g/mol. The van der Waals surface area contributed by atoms with Crippen LogP contribution in [0.15, 0.2) is 51.4 Å². The Kier molecular flexibility index (Phi) is 6.94. The molecule has 2 aromatic carbocycles. The maximum Gasteiger partial charge on any atom is 0.417 e. The minimum atomic E-state index is -4.51. The number of alkyl halides is 3. The van der Waals surface area contributed by atoms with Gasteiger partial charge in [0.15, 0.2) is 5.58 Å². The number of hydrogen-bond acceptors (Lipinski definition) is 9. The molecule has 4 heterocycles. The molecule has 8 rings (SSSR count). The molecule has 2 atom stereocenters. The second-order valence-corrected chi connectivity index (χ2v) is 14.8. The molecule has 2 saturated heterocycles. The fraction of sp³-hybridized carbons (Fsp3) is 0.469. The van der Waals surface area contributed by atoms with Gasteiger partial charge in [0.25, 0.3) is 11.9 Å². The zero-order chi connectivity index (χ0) is 31.8. The number of hydrogen-bond donors (Lipinski definition) is 2. The molecule has 4 fully saturated rings. The summed E-state index contributed by atoms with van der Waals surface area (Å²) in [5, 5.41) is 7.25. The topological polar surface area (TPSA) is 131 Å². The Morgan fingerprint density at radius 1 is 1.00 bits per heavy atom. The fourth-order valence-corrected chi connectivity index (χ4v) is 8.32. The number of sulfonamides is 1. The Hall–Kier alpha value is -3.91. The smallest absolute Gasteiger partial charge is 0.417 e. The molecule has 46 heavy (non-hydrogen) atoms. The molecule has 1 amide bonds. The highest BCUT2D eigenvalue weighted by atomic mass is 32.2. The SMILES string of the molecule is O=C(NS(=O)(=O)C1CC1)c1ccc2nc(N3C4CCC3CC(NCc3c(-c5ccccc5C(F)(F)F)noc3C3CC3)C4)oc2c1. The lowest BCUT2D eigenvalue weighted by atomic mass is 9.96. The first kappa shape index (κ1) is 29.5. The van der Waals surface area contributed by atoms with Crippen molar-refractivity contribution >= 4 is 33.0 Å². The molecule has 2 aliphatic heterocycles. The van der Waals surface area contributed by atoms with Gasteiger partial charge in [-0.1, -0.05) is 23.4 Å². The van der Waals surface area contributed by atoms with Gasteiger partial charge in [0.1, 0.15) is 17.0 Å². The molecule has 2 aromatic heterocycles. The Labute approximate surface area is 262 Å². The molecule has 14 heteroatoms. The van der Waals surface area contributed by atoms with Gasteiger partial charge >= 0.3 is 6.18 Å². The fourth-order valence-electron chi connectivity index (χ4n) is 7.02. The van der Waals surface area contributed by atoms with E-state index in [4.69, 9.17) is 8.94 Å². The number of rotatable bonds is 9. The van der Waals surface area contributed by atoms with E-state index in [-0.39, 0.29) is 40.9 Å². The molecule has 4 aromatic rings. The van der Waals surface area contributed by atoms with Crippen LogP contribution in [-0.2, 0) is 22.7 Å². The molecule has 2 bridgehead atoms. The third-order valence-corrected chi connectivity index (χ3v) is 11.4. The summed E-state index contributed by atoms with van der Waals surface area (Å²) in [6.45, 7) is 0.352. The van der Waals surface area contributed by atoms with Crippen LogP contribution in [0.3, 0.4) is 0 Å². The van der Waals surface area contributed by atoms with Gasteiger partial charge in [0.05, 0.1) is 10.8 Å². The summed E-state index contributed by atoms with van der Waals surface area (Å²) < 4.78 is 80.0. The van der Waals surface area contributed by atoms with Crippen molar-refractivity contribution in [2.75, 3.05) is 4.90 Å². The van der Waals surface area contributed by atoms with Gasteiger partial charge in [-0.05, 0) is 75.6 Å². The molecule has 4 aliphatic rings. The van der Waals surface area contributed by atoms with Crippen LogP contribution >= 0.6 is 0 Å². The van der Waals surface area contributed by atoms with Crippen molar-refractivity contribution in [3.63, 3.8) is 0 Å². The molecule has 0 radical (unpaired) electrons. The normalized spacial score (nSPS) is 23.3. The summed E-state index contributed by atoms with van der Waals surface area (Å²) in [5.41, 5.74) is 1.39. The van der Waals surface area contributed by atoms with Gasteiger partial charge in [-0.25, -0.2) is 13.1 Å². The lowest BCUT2D eigenvalue weighted by Crippen LogP contribution is -2.49. The van der Waals surface area contributed by atoms with Crippen molar-refractivity contribution in [1.29, 1.82) is 0 Å². The number of anilines is 1. The van der Waals surface area contributed by atoms with Crippen LogP contribution in [0.4, 0.5) is 19.2 Å². The van der Waals surface area contributed by atoms with Crippen LogP contribution in [0.2, 0.25) is 0 Å². The van der Waals surface area contributed by atoms with Gasteiger partial charge in [-0.15, -0.1) is 0 Å². The van der Waals surface area contributed by atoms with Gasteiger partial charge in [-0.3, -0.25) is 4.79 Å². The van der Waals surface area contributed by atoms with E-state index >= 15 is 0 Å². The van der Waals surface area contributed by atoms with Crippen LogP contribution in [0.1, 0.15) is 84.5 Å². The molecule has 2 saturated carbocycles. The number of halogens is 3. The van der Waals surface area contributed by atoms with Crippen LogP contribution in [0.25, 0.3) is 22.4 Å². The molecule has 2 N–H and O–H groups in total. The minimum absolute atomic E-state index is 0.0264. The number of oxazole rings is 1. The van der Waals surface area contributed by atoms with Crippen LogP contribution < -0.4 is 14.9 Å². The largest absolute Gasteiger partial charge is 0.423 e. The Morgan fingerprint density at radius 2 is 1.74 bits per heavy atom. The quantitative estimate of drug-likeness (QED) is 0.227. The van der Waals surface area contributed by atoms with E-state index in [1.54, 1.807) is 18.2 Å². The van der Waals surface area contributed by atoms with Crippen molar-refractivity contribution in [2.24, 2.45) is 0 Å². The summed E-state index contributed by atoms with van der Waals surface area (Å²) in [5.74, 6) is 0.161. The number of nitrogens with zero attached hydrogens (tertiary/aromatic N) is 3. The average molecular weight is 656 g/mol. The van der Waals surface area contributed by atoms with Crippen molar-refractivity contribution in [2.45, 2.75) is 93.4 Å². The summed E-state index contributed by atoms with van der Waals surface area (Å²) in [7, 11) is -3.67. The van der Waals surface area contributed by atoms with E-state index in [2.05, 4.69) is 25.1 Å². The molecule has 242 valence electrons. The molecular formula is C32H32F3N5O5S. The van der Waals surface area contributed by atoms with Crippen LogP contribution in [0.5, 0.6) is 0 Å². The second kappa shape index (κ2) is 10.8. The number of piperidine rings is 1. The zero-order valence-corrected chi connectivity index (χ0v) is 25.5. The maximum atomic E-state index is 13.9. The predicted molar refractivity (Wildman–Crippen MR) is 161 cm³/mol. The van der Waals surface area contributed by atoms with E-state index in [0.29, 0.717) is 47.8 Å². The Bertz CT molecular complexity index is 1920. The lowest BCUT2D eigenvalue weighted by molar-refractivity contribution is -0.137. The number of fused-ring (bicyclic) bond motifs is 3. The van der Waals surface area contributed by atoms with Gasteiger partial charge < -0.3 is 19.2 Å². The number of nitrogens with one attached hydrogen (secondary N) is 2. The van der Waals surface area contributed by atoms with Crippen molar-refractivity contribution in [3.8, 4) is 11.3 Å². The molecule has 10 nitrogen and oxygen atoms in total. The number of amides is 1. The molecule has 2 aliphatic carbocycles. The average Bonchev–Trinajstić information content (AvgIpc) is 3.95. The number of carbonyl (C=O) groups excluding carboxylic acids is 1. The third kappa shape index (κ3) is 5.44. The third-order valence-electron chi connectivity index (χ3n) is 9.61. The highest BCUT2D eigenvalue weighted by Gasteiger charge is 2.44. The van der Waals surface area contributed by atoms with E-state index in [9.17, 15) is 26.4 Å². The first-order valence-electron chi connectivity index (χ1n) is 15.7. The lowest BCUT2D eigenvalue weighted by Gasteiger charge is -2.38. The van der Waals surface area contributed by atoms with Crippen molar-refractivity contribution in [1.82, 2.24) is 20.2 Å². The van der Waals surface area contributed by atoms with Crippen molar-refractivity contribution < 1.29 is 35.3 Å². The first-order chi connectivity index (χ1) is 22.0. The summed E-state index contributed by atoms with van der Waals surface area (Å²) >= 11 is 0. The minimum Gasteiger partial charge on any atom is -0.423 e. The Morgan fingerprint density at radius 3 is 2.43 bits per heavy atom. The zero-order valence-electron chi connectivity index (χ0n) is 24.7. The standard InChI is InChI=1S/C32H32F3N5O5S/c33-32(34,35)25-4-2-1-3-23(25)28-24(29(45-38-28)17-5-6-17)16-36-19-14-20-8-9-21(15-19)40(20)31-37-26-12-7-18(13-27(26)44-31)30(41)39-46(42,43)22-10-11-22/h1-4,7,12-13,17,19-22,36H,5-6,8-11,14-16H2,(H,39,41). The number of aromatic nitrogens is 2. The monoisotopic (exact) mass is 655 g/mol. The maximum absolute atomic E-state index is 13.9. The van der Waals surface area contributed by atoms with Crippen LogP contribution in [0, 0.1) is 0 Å². The van der Waals surface area contributed by atoms with Gasteiger partial charge in [-0.2, -0.15) is 18.2 Å². The van der Waals surface area contributed by atoms with Crippen LogP contribution in [-0.4, -0.2) is 47.8 Å². The number of carbonyl (C=O) groups is 1. The highest BCUT2D eigenvalue weighted by Crippen LogP contribution is 2.46. The second-order valence-electron chi connectivity index (χ2n) is 12.9. The highest BCUT2D eigenvalue weighted by molar-refractivity contribution is 7.91. The van der Waals surface area contributed by atoms with E-state index in [1.165, 1.54) is 18.2 Å². The van der Waals surface area contributed by atoms with E-state index in [1.807, 2.05) is 0 Å². The van der Waals surface area contributed by atoms with E-state index in [0.717, 1.165) is 44.6 Å². The molecule has 2 unspecified atom stereocenters. The Balaban J connectivity index is 0.980. The van der Waals surface area contributed by atoms with Crippen molar-refractivity contribution in [3.05, 3.63) is 64.9 Å². The number of benzene rings is 2. The summed E-state index contributed by atoms with van der Waals surface area (Å²) in [4.78, 5) is 19.5. The van der Waals surface area contributed by atoms with Gasteiger partial charge in [0, 0.05) is 47.3 Å². The predicted octanol–water partition coefficient (Wildman–Crippen LogP) is 5.89.